The maximum atomic E-state index is 12.2. The van der Waals surface area contributed by atoms with Crippen LogP contribution >= 0.6 is 0 Å². The van der Waals surface area contributed by atoms with Gasteiger partial charge >= 0.3 is 0 Å². The Balaban J connectivity index is 1.81. The fourth-order valence-corrected chi connectivity index (χ4v) is 3.03. The van der Waals surface area contributed by atoms with Crippen LogP contribution in [0, 0.1) is 5.92 Å². The maximum Gasteiger partial charge on any atom is 0.225 e. The smallest absolute Gasteiger partial charge is 0.225 e. The first-order chi connectivity index (χ1) is 12.0. The second-order valence-corrected chi connectivity index (χ2v) is 6.71. The van der Waals surface area contributed by atoms with Gasteiger partial charge in [-0.3, -0.25) is 9.59 Å². The Morgan fingerprint density at radius 2 is 2.08 bits per heavy atom. The molecule has 0 radical (unpaired) electrons. The Kier molecular flexibility index (Phi) is 4.93. The number of nitrogens with zero attached hydrogens (tertiary/aromatic N) is 1. The molecule has 0 atom stereocenters. The van der Waals surface area contributed by atoms with Crippen LogP contribution in [0.5, 0.6) is 0 Å². The van der Waals surface area contributed by atoms with Gasteiger partial charge in [0, 0.05) is 48.7 Å². The molecule has 0 spiro atoms. The highest BCUT2D eigenvalue weighted by molar-refractivity contribution is 5.91. The second-order valence-electron chi connectivity index (χ2n) is 6.71. The lowest BCUT2D eigenvalue weighted by molar-refractivity contribution is -0.135. The molecule has 0 saturated heterocycles. The number of hydrogen-bond donors (Lipinski definition) is 1. The predicted molar refractivity (Wildman–Crippen MR) is 97.0 cm³/mol. The van der Waals surface area contributed by atoms with E-state index in [9.17, 15) is 9.59 Å². The van der Waals surface area contributed by atoms with Crippen LogP contribution in [0.1, 0.15) is 38.5 Å². The van der Waals surface area contributed by atoms with E-state index >= 15 is 0 Å². The zero-order chi connectivity index (χ0) is 18.0. The van der Waals surface area contributed by atoms with Crippen LogP contribution in [0.4, 0.5) is 5.69 Å². The van der Waals surface area contributed by atoms with E-state index in [4.69, 9.17) is 4.42 Å². The number of rotatable bonds is 4. The summed E-state index contributed by atoms with van der Waals surface area (Å²) in [6, 6.07) is 9.65. The van der Waals surface area contributed by atoms with E-state index in [-0.39, 0.29) is 17.7 Å². The number of fused-ring (bicyclic) bond motifs is 1. The van der Waals surface area contributed by atoms with E-state index in [1.54, 1.807) is 0 Å². The lowest BCUT2D eigenvalue weighted by atomic mass is 10.1. The molecule has 1 N–H and O–H groups in total. The van der Waals surface area contributed by atoms with Crippen LogP contribution in [0.15, 0.2) is 34.7 Å². The Labute approximate surface area is 148 Å². The number of carbonyl (C=O) groups excluding carboxylic acids is 2. The molecule has 1 aromatic carbocycles. The van der Waals surface area contributed by atoms with Crippen molar-refractivity contribution < 1.29 is 14.0 Å². The zero-order valence-corrected chi connectivity index (χ0v) is 15.0. The van der Waals surface area contributed by atoms with Crippen molar-refractivity contribution >= 4 is 17.5 Å². The third-order valence-corrected chi connectivity index (χ3v) is 4.42. The maximum absolute atomic E-state index is 12.2. The second kappa shape index (κ2) is 7.13. The molecule has 132 valence electrons. The summed E-state index contributed by atoms with van der Waals surface area (Å²) >= 11 is 0. The highest BCUT2D eigenvalue weighted by Crippen LogP contribution is 2.31. The molecule has 3 rings (SSSR count). The van der Waals surface area contributed by atoms with Crippen molar-refractivity contribution in [1.29, 1.82) is 0 Å². The van der Waals surface area contributed by atoms with Crippen LogP contribution in [0.3, 0.4) is 0 Å². The first-order valence-corrected chi connectivity index (χ1v) is 8.78. The number of benzene rings is 1. The van der Waals surface area contributed by atoms with Gasteiger partial charge in [-0.25, -0.2) is 0 Å². The number of amides is 2. The summed E-state index contributed by atoms with van der Waals surface area (Å²) in [5.41, 5.74) is 2.75. The Bertz CT molecular complexity index is 792. The molecule has 2 aromatic rings. The standard InChI is InChI=1S/C20H24N2O3/c1-4-19(23)21-16-7-5-6-14(10-16)18-11-15-12-22(20(24)13(2)3)9-8-17(15)25-18/h5-7,10-11,13H,4,8-9,12H2,1-3H3,(H,21,23). The van der Waals surface area contributed by atoms with Crippen molar-refractivity contribution in [2.45, 2.75) is 40.2 Å². The molecule has 5 nitrogen and oxygen atoms in total. The van der Waals surface area contributed by atoms with Gasteiger partial charge in [-0.15, -0.1) is 0 Å². The minimum atomic E-state index is -0.0151. The van der Waals surface area contributed by atoms with Crippen LogP contribution in [0.25, 0.3) is 11.3 Å². The third-order valence-electron chi connectivity index (χ3n) is 4.42. The zero-order valence-electron chi connectivity index (χ0n) is 15.0. The quantitative estimate of drug-likeness (QED) is 0.920. The highest BCUT2D eigenvalue weighted by Gasteiger charge is 2.25. The largest absolute Gasteiger partial charge is 0.461 e. The molecule has 0 unspecified atom stereocenters. The number of hydrogen-bond acceptors (Lipinski definition) is 3. The first kappa shape index (κ1) is 17.3. The van der Waals surface area contributed by atoms with Crippen LogP contribution < -0.4 is 5.32 Å². The summed E-state index contributed by atoms with van der Waals surface area (Å²) in [6.45, 7) is 6.97. The van der Waals surface area contributed by atoms with Gasteiger partial charge < -0.3 is 14.6 Å². The van der Waals surface area contributed by atoms with Crippen molar-refractivity contribution in [2.24, 2.45) is 5.92 Å². The summed E-state index contributed by atoms with van der Waals surface area (Å²) in [7, 11) is 0. The van der Waals surface area contributed by atoms with Crippen molar-refractivity contribution in [3.8, 4) is 11.3 Å². The minimum Gasteiger partial charge on any atom is -0.461 e. The van der Waals surface area contributed by atoms with Crippen molar-refractivity contribution in [1.82, 2.24) is 4.90 Å². The van der Waals surface area contributed by atoms with Gasteiger partial charge in [0.25, 0.3) is 0 Å². The van der Waals surface area contributed by atoms with Crippen molar-refractivity contribution in [3.63, 3.8) is 0 Å². The van der Waals surface area contributed by atoms with Gasteiger partial charge in [-0.2, -0.15) is 0 Å². The van der Waals surface area contributed by atoms with E-state index < -0.39 is 0 Å². The van der Waals surface area contributed by atoms with Crippen LogP contribution in [-0.2, 0) is 22.6 Å². The number of furan rings is 1. The molecule has 25 heavy (non-hydrogen) atoms. The number of anilines is 1. The Hall–Kier alpha value is -2.56. The van der Waals surface area contributed by atoms with E-state index in [0.29, 0.717) is 19.5 Å². The average molecular weight is 340 g/mol. The van der Waals surface area contributed by atoms with Gasteiger partial charge in [0.2, 0.25) is 11.8 Å². The molecule has 1 aromatic heterocycles. The van der Waals surface area contributed by atoms with E-state index in [1.807, 2.05) is 56.0 Å². The van der Waals surface area contributed by atoms with Gasteiger partial charge in [-0.1, -0.05) is 32.9 Å². The summed E-state index contributed by atoms with van der Waals surface area (Å²) < 4.78 is 6.02. The van der Waals surface area contributed by atoms with E-state index in [1.165, 1.54) is 0 Å². The molecule has 2 heterocycles. The van der Waals surface area contributed by atoms with Crippen LogP contribution in [-0.4, -0.2) is 23.3 Å². The summed E-state index contributed by atoms with van der Waals surface area (Å²) in [5.74, 6) is 1.89. The molecule has 1 aliphatic rings. The summed E-state index contributed by atoms with van der Waals surface area (Å²) in [5, 5.41) is 2.86. The topological polar surface area (TPSA) is 62.6 Å². The van der Waals surface area contributed by atoms with E-state index in [0.717, 1.165) is 34.8 Å². The van der Waals surface area contributed by atoms with Gasteiger partial charge in [-0.05, 0) is 18.2 Å². The molecular weight excluding hydrogens is 316 g/mol. The van der Waals surface area contributed by atoms with Crippen molar-refractivity contribution in [3.05, 3.63) is 41.7 Å². The van der Waals surface area contributed by atoms with Gasteiger partial charge in [0.15, 0.2) is 0 Å². The van der Waals surface area contributed by atoms with E-state index in [2.05, 4.69) is 5.32 Å². The van der Waals surface area contributed by atoms with Gasteiger partial charge in [0.05, 0.1) is 0 Å². The average Bonchev–Trinajstić information content (AvgIpc) is 3.04. The lowest BCUT2D eigenvalue weighted by Crippen LogP contribution is -2.37. The Morgan fingerprint density at radius 3 is 2.80 bits per heavy atom. The lowest BCUT2D eigenvalue weighted by Gasteiger charge is -2.27. The molecule has 0 aliphatic carbocycles. The molecule has 0 saturated carbocycles. The summed E-state index contributed by atoms with van der Waals surface area (Å²) in [6.07, 6.45) is 1.18. The molecule has 5 heteroatoms. The highest BCUT2D eigenvalue weighted by atomic mass is 16.3. The molecule has 2 amide bonds. The SMILES string of the molecule is CCC(=O)Nc1cccc(-c2cc3c(o2)CCN(C(=O)C(C)C)C3)c1. The van der Waals surface area contributed by atoms with Crippen LogP contribution in [0.2, 0.25) is 0 Å². The molecule has 0 fully saturated rings. The predicted octanol–water partition coefficient (Wildman–Crippen LogP) is 3.84. The Morgan fingerprint density at radius 1 is 1.28 bits per heavy atom. The van der Waals surface area contributed by atoms with Crippen molar-refractivity contribution in [2.75, 3.05) is 11.9 Å². The number of carbonyl (C=O) groups is 2. The first-order valence-electron chi connectivity index (χ1n) is 8.78. The molecule has 1 aliphatic heterocycles. The fraction of sp³-hybridized carbons (Fsp3) is 0.400. The minimum absolute atomic E-state index is 0.00628. The number of nitrogens with one attached hydrogen (secondary N) is 1. The molecule has 0 bridgehead atoms. The monoisotopic (exact) mass is 340 g/mol. The van der Waals surface area contributed by atoms with Gasteiger partial charge in [0.1, 0.15) is 11.5 Å². The summed E-state index contributed by atoms with van der Waals surface area (Å²) in [4.78, 5) is 25.7. The fourth-order valence-electron chi connectivity index (χ4n) is 3.03. The molecular formula is C20H24N2O3. The normalized spacial score (nSPS) is 13.7. The third kappa shape index (κ3) is 3.76.